The fourth-order valence-electron chi connectivity index (χ4n) is 3.97. The number of aryl methyl sites for hydroxylation is 2. The minimum Gasteiger partial charge on any atom is -0.319 e. The Balaban J connectivity index is 1.94. The van der Waals surface area contributed by atoms with Crippen LogP contribution in [0.2, 0.25) is 0 Å². The molecule has 2 aliphatic rings. The smallest absolute Gasteiger partial charge is 0.0391 e. The Kier molecular flexibility index (Phi) is 4.66. The Bertz CT molecular complexity index is 478. The maximum atomic E-state index is 3.44. The third-order valence-corrected chi connectivity index (χ3v) is 5.40. The van der Waals surface area contributed by atoms with E-state index in [0.29, 0.717) is 6.04 Å². The van der Waals surface area contributed by atoms with Crippen molar-refractivity contribution >= 4 is 0 Å². The largest absolute Gasteiger partial charge is 0.319 e. The molecule has 0 bridgehead atoms. The monoisotopic (exact) mass is 286 g/mol. The maximum absolute atomic E-state index is 3.44. The van der Waals surface area contributed by atoms with Gasteiger partial charge in [0.25, 0.3) is 0 Å². The Morgan fingerprint density at radius 3 is 2.57 bits per heavy atom. The summed E-state index contributed by atoms with van der Waals surface area (Å²) < 4.78 is 0. The summed E-state index contributed by atoms with van der Waals surface area (Å²) in [5.41, 5.74) is 4.40. The number of nitrogens with zero attached hydrogens (tertiary/aromatic N) is 1. The number of hydrogen-bond acceptors (Lipinski definition) is 2. The highest BCUT2D eigenvalue weighted by atomic mass is 15.2. The van der Waals surface area contributed by atoms with Crippen molar-refractivity contribution < 1.29 is 0 Å². The second kappa shape index (κ2) is 6.50. The molecule has 1 aliphatic carbocycles. The SMILES string of the molecule is CNCC1CCCCN(C2CC2)C1c1ccc(C)c(C)c1. The molecule has 0 amide bonds. The third kappa shape index (κ3) is 3.32. The summed E-state index contributed by atoms with van der Waals surface area (Å²) in [6.07, 6.45) is 6.94. The molecule has 2 fully saturated rings. The first-order valence-electron chi connectivity index (χ1n) is 8.68. The molecule has 116 valence electrons. The van der Waals surface area contributed by atoms with E-state index in [9.17, 15) is 0 Å². The normalized spacial score (nSPS) is 27.6. The van der Waals surface area contributed by atoms with Crippen molar-refractivity contribution in [1.82, 2.24) is 10.2 Å². The van der Waals surface area contributed by atoms with Crippen LogP contribution in [0.1, 0.15) is 54.8 Å². The lowest BCUT2D eigenvalue weighted by Crippen LogP contribution is -2.37. The van der Waals surface area contributed by atoms with E-state index in [-0.39, 0.29) is 0 Å². The molecule has 21 heavy (non-hydrogen) atoms. The molecule has 0 radical (unpaired) electrons. The molecule has 2 unspecified atom stereocenters. The van der Waals surface area contributed by atoms with Crippen LogP contribution < -0.4 is 5.32 Å². The Hall–Kier alpha value is -0.860. The molecule has 1 aromatic carbocycles. The molecule has 2 nitrogen and oxygen atoms in total. The molecule has 3 rings (SSSR count). The predicted octanol–water partition coefficient (Wildman–Crippen LogP) is 3.83. The van der Waals surface area contributed by atoms with Crippen LogP contribution in [0.25, 0.3) is 0 Å². The lowest BCUT2D eigenvalue weighted by atomic mass is 9.87. The minimum absolute atomic E-state index is 0.617. The van der Waals surface area contributed by atoms with Crippen molar-refractivity contribution in [3.8, 4) is 0 Å². The van der Waals surface area contributed by atoms with Gasteiger partial charge in [0.05, 0.1) is 0 Å². The zero-order chi connectivity index (χ0) is 14.8. The van der Waals surface area contributed by atoms with Crippen molar-refractivity contribution in [1.29, 1.82) is 0 Å². The Morgan fingerprint density at radius 2 is 1.90 bits per heavy atom. The third-order valence-electron chi connectivity index (χ3n) is 5.40. The second-order valence-corrected chi connectivity index (χ2v) is 7.07. The van der Waals surface area contributed by atoms with Gasteiger partial charge in [0.15, 0.2) is 0 Å². The summed E-state index contributed by atoms with van der Waals surface area (Å²) in [4.78, 5) is 2.83. The van der Waals surface area contributed by atoms with Crippen LogP contribution in [-0.4, -0.2) is 31.1 Å². The van der Waals surface area contributed by atoms with E-state index in [4.69, 9.17) is 0 Å². The van der Waals surface area contributed by atoms with E-state index < -0.39 is 0 Å². The first-order chi connectivity index (χ1) is 10.2. The molecule has 1 aromatic rings. The van der Waals surface area contributed by atoms with E-state index >= 15 is 0 Å². The van der Waals surface area contributed by atoms with Gasteiger partial charge >= 0.3 is 0 Å². The molecule has 1 saturated heterocycles. The van der Waals surface area contributed by atoms with Gasteiger partial charge in [0.1, 0.15) is 0 Å². The van der Waals surface area contributed by atoms with Gasteiger partial charge in [0.2, 0.25) is 0 Å². The highest BCUT2D eigenvalue weighted by molar-refractivity contribution is 5.32. The van der Waals surface area contributed by atoms with Crippen LogP contribution >= 0.6 is 0 Å². The average Bonchev–Trinajstić information content (AvgIpc) is 3.28. The molecule has 0 aromatic heterocycles. The first kappa shape index (κ1) is 15.1. The molecule has 1 aliphatic heterocycles. The fraction of sp³-hybridized carbons (Fsp3) is 0.684. The van der Waals surface area contributed by atoms with E-state index in [1.807, 2.05) is 0 Å². The first-order valence-corrected chi connectivity index (χ1v) is 8.68. The topological polar surface area (TPSA) is 15.3 Å². The van der Waals surface area contributed by atoms with Gasteiger partial charge in [-0.15, -0.1) is 0 Å². The van der Waals surface area contributed by atoms with Crippen molar-refractivity contribution in [2.45, 2.75) is 58.0 Å². The summed E-state index contributed by atoms with van der Waals surface area (Å²) in [5.74, 6) is 0.750. The highest BCUT2D eigenvalue weighted by Gasteiger charge is 2.39. The number of benzene rings is 1. The summed E-state index contributed by atoms with van der Waals surface area (Å²) in [6, 6.07) is 8.62. The summed E-state index contributed by atoms with van der Waals surface area (Å²) in [6.45, 7) is 6.91. The fourth-order valence-corrected chi connectivity index (χ4v) is 3.97. The van der Waals surface area contributed by atoms with Crippen LogP contribution in [0.4, 0.5) is 0 Å². The van der Waals surface area contributed by atoms with Crippen LogP contribution in [0.15, 0.2) is 18.2 Å². The van der Waals surface area contributed by atoms with Crippen molar-refractivity contribution in [2.24, 2.45) is 5.92 Å². The summed E-state index contributed by atoms with van der Waals surface area (Å²) in [7, 11) is 2.10. The standard InChI is InChI=1S/C19H30N2/c1-14-7-8-16(12-15(14)2)19-17(13-20-3)6-4-5-11-21(19)18-9-10-18/h7-8,12,17-20H,4-6,9-11,13H2,1-3H3. The number of likely N-dealkylation sites (tertiary alicyclic amines) is 1. The highest BCUT2D eigenvalue weighted by Crippen LogP contribution is 2.42. The van der Waals surface area contributed by atoms with E-state index in [0.717, 1.165) is 18.5 Å². The Labute approximate surface area is 129 Å². The number of nitrogens with one attached hydrogen (secondary N) is 1. The van der Waals surface area contributed by atoms with E-state index in [1.54, 1.807) is 5.56 Å². The van der Waals surface area contributed by atoms with Crippen molar-refractivity contribution in [2.75, 3.05) is 20.1 Å². The molecule has 2 heteroatoms. The minimum atomic E-state index is 0.617. The van der Waals surface area contributed by atoms with Gasteiger partial charge in [-0.2, -0.15) is 0 Å². The van der Waals surface area contributed by atoms with Crippen molar-refractivity contribution in [3.05, 3.63) is 34.9 Å². The molecular weight excluding hydrogens is 256 g/mol. The molecule has 1 saturated carbocycles. The van der Waals surface area contributed by atoms with Crippen LogP contribution in [-0.2, 0) is 0 Å². The van der Waals surface area contributed by atoms with Gasteiger partial charge in [-0.05, 0) is 82.3 Å². The van der Waals surface area contributed by atoms with Crippen LogP contribution in [0, 0.1) is 19.8 Å². The maximum Gasteiger partial charge on any atom is 0.0391 e. The van der Waals surface area contributed by atoms with Crippen LogP contribution in [0.5, 0.6) is 0 Å². The summed E-state index contributed by atoms with van der Waals surface area (Å²) in [5, 5.41) is 3.44. The zero-order valence-corrected chi connectivity index (χ0v) is 13.9. The number of rotatable bonds is 4. The second-order valence-electron chi connectivity index (χ2n) is 7.07. The van der Waals surface area contributed by atoms with Crippen molar-refractivity contribution in [3.63, 3.8) is 0 Å². The molecule has 1 N–H and O–H groups in total. The molecule has 1 heterocycles. The molecular formula is C19H30N2. The van der Waals surface area contributed by atoms with E-state index in [2.05, 4.69) is 49.3 Å². The summed E-state index contributed by atoms with van der Waals surface area (Å²) >= 11 is 0. The zero-order valence-electron chi connectivity index (χ0n) is 13.9. The van der Waals surface area contributed by atoms with Gasteiger partial charge in [-0.3, -0.25) is 4.90 Å². The molecule has 2 atom stereocenters. The van der Waals surface area contributed by atoms with Gasteiger partial charge in [0, 0.05) is 12.1 Å². The predicted molar refractivity (Wildman–Crippen MR) is 89.7 cm³/mol. The lowest BCUT2D eigenvalue weighted by molar-refractivity contribution is 0.145. The van der Waals surface area contributed by atoms with Gasteiger partial charge in [-0.1, -0.05) is 24.6 Å². The number of hydrogen-bond donors (Lipinski definition) is 1. The average molecular weight is 286 g/mol. The molecule has 0 spiro atoms. The quantitative estimate of drug-likeness (QED) is 0.905. The Morgan fingerprint density at radius 1 is 1.10 bits per heavy atom. The van der Waals surface area contributed by atoms with Gasteiger partial charge < -0.3 is 5.32 Å². The van der Waals surface area contributed by atoms with Gasteiger partial charge in [-0.25, -0.2) is 0 Å². The van der Waals surface area contributed by atoms with Crippen LogP contribution in [0.3, 0.4) is 0 Å². The van der Waals surface area contributed by atoms with E-state index in [1.165, 1.54) is 49.8 Å². The lowest BCUT2D eigenvalue weighted by Gasteiger charge is -2.36.